The Morgan fingerprint density at radius 3 is 2.68 bits per heavy atom. The molecule has 1 fully saturated rings. The monoisotopic (exact) mass is 522 g/mol. The summed E-state index contributed by atoms with van der Waals surface area (Å²) in [5.41, 5.74) is 8.12. The highest BCUT2D eigenvalue weighted by molar-refractivity contribution is 5.94. The summed E-state index contributed by atoms with van der Waals surface area (Å²) in [4.78, 5) is 25.3. The van der Waals surface area contributed by atoms with E-state index in [2.05, 4.69) is 35.9 Å². The molecular weight excluding hydrogens is 491 g/mol. The Labute approximate surface area is 219 Å². The molecule has 200 valence electrons. The zero-order valence-electron chi connectivity index (χ0n) is 21.2. The van der Waals surface area contributed by atoms with Crippen molar-refractivity contribution in [3.05, 3.63) is 54.0 Å². The molecule has 1 aliphatic rings. The molecule has 13 heteroatoms. The number of fused-ring (bicyclic) bond motifs is 1. The number of nitrogens with two attached hydrogens (primary N) is 1. The van der Waals surface area contributed by atoms with Crippen molar-refractivity contribution in [1.29, 1.82) is 0 Å². The van der Waals surface area contributed by atoms with Crippen LogP contribution in [0.1, 0.15) is 10.4 Å². The number of furan rings is 1. The first kappa shape index (κ1) is 25.4. The Morgan fingerprint density at radius 2 is 1.95 bits per heavy atom. The molecule has 0 atom stereocenters. The highest BCUT2D eigenvalue weighted by Crippen LogP contribution is 2.23. The summed E-state index contributed by atoms with van der Waals surface area (Å²) in [5.74, 6) is 0.620. The first-order chi connectivity index (χ1) is 18.5. The SMILES string of the molecule is CNCCNC(=O)c1ccc(N2CCN(CCNc3nc(N)n4nc(-c5ccco5)cc4n3)CC2)c(F)c1. The molecule has 4 aromatic rings. The zero-order chi connectivity index (χ0) is 26.5. The van der Waals surface area contributed by atoms with Crippen LogP contribution in [0.3, 0.4) is 0 Å². The van der Waals surface area contributed by atoms with Crippen LogP contribution >= 0.6 is 0 Å². The lowest BCUT2D eigenvalue weighted by Crippen LogP contribution is -2.48. The van der Waals surface area contributed by atoms with E-state index in [4.69, 9.17) is 10.2 Å². The predicted octanol–water partition coefficient (Wildman–Crippen LogP) is 1.29. The van der Waals surface area contributed by atoms with Crippen LogP contribution in [0.5, 0.6) is 0 Å². The summed E-state index contributed by atoms with van der Waals surface area (Å²) >= 11 is 0. The first-order valence-corrected chi connectivity index (χ1v) is 12.5. The van der Waals surface area contributed by atoms with E-state index in [-0.39, 0.29) is 17.7 Å². The molecular formula is C25H31FN10O2. The number of hydrogen-bond donors (Lipinski definition) is 4. The highest BCUT2D eigenvalue weighted by Gasteiger charge is 2.20. The number of nitrogens with zero attached hydrogens (tertiary/aromatic N) is 6. The topological polar surface area (TPSA) is 142 Å². The van der Waals surface area contributed by atoms with E-state index in [1.54, 1.807) is 30.5 Å². The van der Waals surface area contributed by atoms with Crippen LogP contribution in [-0.2, 0) is 0 Å². The lowest BCUT2D eigenvalue weighted by Gasteiger charge is -2.36. The van der Waals surface area contributed by atoms with E-state index in [0.717, 1.165) is 19.6 Å². The van der Waals surface area contributed by atoms with Crippen molar-refractivity contribution in [2.45, 2.75) is 0 Å². The van der Waals surface area contributed by atoms with Gasteiger partial charge >= 0.3 is 0 Å². The van der Waals surface area contributed by atoms with Gasteiger partial charge in [0.2, 0.25) is 11.9 Å². The second kappa shape index (κ2) is 11.4. The summed E-state index contributed by atoms with van der Waals surface area (Å²) in [7, 11) is 1.81. The fourth-order valence-corrected chi connectivity index (χ4v) is 4.38. The van der Waals surface area contributed by atoms with E-state index in [1.807, 2.05) is 18.0 Å². The number of nitrogen functional groups attached to an aromatic ring is 1. The number of carbonyl (C=O) groups excluding carboxylic acids is 1. The maximum atomic E-state index is 14.8. The smallest absolute Gasteiger partial charge is 0.251 e. The van der Waals surface area contributed by atoms with Gasteiger partial charge in [-0.05, 0) is 37.4 Å². The summed E-state index contributed by atoms with van der Waals surface area (Å²) in [6, 6.07) is 10.1. The Morgan fingerprint density at radius 1 is 1.11 bits per heavy atom. The Hall–Kier alpha value is -4.23. The number of nitrogens with one attached hydrogen (secondary N) is 3. The molecule has 5 N–H and O–H groups in total. The van der Waals surface area contributed by atoms with Gasteiger partial charge in [0.25, 0.3) is 5.91 Å². The number of piperazine rings is 1. The van der Waals surface area contributed by atoms with Gasteiger partial charge in [-0.25, -0.2) is 4.39 Å². The second-order valence-corrected chi connectivity index (χ2v) is 8.96. The normalized spacial score (nSPS) is 14.2. The average Bonchev–Trinajstić information content (AvgIpc) is 3.60. The van der Waals surface area contributed by atoms with Crippen molar-refractivity contribution >= 4 is 29.1 Å². The van der Waals surface area contributed by atoms with Crippen LogP contribution in [0, 0.1) is 5.82 Å². The second-order valence-electron chi connectivity index (χ2n) is 8.96. The molecule has 0 radical (unpaired) electrons. The molecule has 38 heavy (non-hydrogen) atoms. The van der Waals surface area contributed by atoms with E-state index in [0.29, 0.717) is 67.0 Å². The number of hydrogen-bond acceptors (Lipinski definition) is 10. The Balaban J connectivity index is 1.11. The third-order valence-electron chi connectivity index (χ3n) is 6.42. The molecule has 1 saturated heterocycles. The number of amides is 1. The number of carbonyl (C=O) groups is 1. The van der Waals surface area contributed by atoms with Gasteiger partial charge in [-0.3, -0.25) is 9.69 Å². The van der Waals surface area contributed by atoms with Crippen LogP contribution in [0.2, 0.25) is 0 Å². The molecule has 0 bridgehead atoms. The van der Waals surface area contributed by atoms with Gasteiger partial charge in [0.1, 0.15) is 11.5 Å². The number of aromatic nitrogens is 4. The molecule has 3 aromatic heterocycles. The van der Waals surface area contributed by atoms with Gasteiger partial charge in [-0.15, -0.1) is 0 Å². The maximum Gasteiger partial charge on any atom is 0.251 e. The molecule has 1 aliphatic heterocycles. The van der Waals surface area contributed by atoms with Crippen molar-refractivity contribution in [2.24, 2.45) is 0 Å². The van der Waals surface area contributed by atoms with Crippen LogP contribution in [0.25, 0.3) is 17.1 Å². The van der Waals surface area contributed by atoms with Gasteiger partial charge < -0.3 is 31.0 Å². The molecule has 4 heterocycles. The van der Waals surface area contributed by atoms with Gasteiger partial charge in [-0.1, -0.05) is 0 Å². The maximum absolute atomic E-state index is 14.8. The third-order valence-corrected chi connectivity index (χ3v) is 6.42. The minimum Gasteiger partial charge on any atom is -0.463 e. The number of benzene rings is 1. The van der Waals surface area contributed by atoms with Crippen LogP contribution in [0.15, 0.2) is 47.1 Å². The number of likely N-dealkylation sites (N-methyl/N-ethyl adjacent to an activating group) is 1. The van der Waals surface area contributed by atoms with E-state index in [1.165, 1.54) is 10.6 Å². The first-order valence-electron chi connectivity index (χ1n) is 12.5. The molecule has 12 nitrogen and oxygen atoms in total. The average molecular weight is 523 g/mol. The minimum atomic E-state index is -0.387. The van der Waals surface area contributed by atoms with Gasteiger partial charge in [-0.2, -0.15) is 19.6 Å². The molecule has 0 spiro atoms. The third kappa shape index (κ3) is 5.68. The molecule has 5 rings (SSSR count). The Bertz CT molecular complexity index is 1380. The number of halogens is 1. The molecule has 1 amide bonds. The van der Waals surface area contributed by atoms with Crippen molar-refractivity contribution in [1.82, 2.24) is 35.1 Å². The van der Waals surface area contributed by atoms with Crippen molar-refractivity contribution < 1.29 is 13.6 Å². The van der Waals surface area contributed by atoms with Gasteiger partial charge in [0.15, 0.2) is 11.4 Å². The van der Waals surface area contributed by atoms with Crippen LogP contribution < -0.4 is 26.6 Å². The zero-order valence-corrected chi connectivity index (χ0v) is 21.2. The largest absolute Gasteiger partial charge is 0.463 e. The van der Waals surface area contributed by atoms with E-state index < -0.39 is 0 Å². The summed E-state index contributed by atoms with van der Waals surface area (Å²) in [6.45, 7) is 5.47. The highest BCUT2D eigenvalue weighted by atomic mass is 19.1. The minimum absolute atomic E-state index is 0.229. The summed E-state index contributed by atoms with van der Waals surface area (Å²) < 4.78 is 21.7. The van der Waals surface area contributed by atoms with E-state index in [9.17, 15) is 9.18 Å². The quantitative estimate of drug-likeness (QED) is 0.225. The number of anilines is 3. The van der Waals surface area contributed by atoms with Crippen molar-refractivity contribution in [2.75, 3.05) is 75.4 Å². The summed E-state index contributed by atoms with van der Waals surface area (Å²) in [6.07, 6.45) is 1.59. The molecule has 0 saturated carbocycles. The van der Waals surface area contributed by atoms with Crippen LogP contribution in [-0.4, -0.2) is 89.8 Å². The van der Waals surface area contributed by atoms with Crippen molar-refractivity contribution in [3.63, 3.8) is 0 Å². The van der Waals surface area contributed by atoms with Gasteiger partial charge in [0.05, 0.1) is 12.0 Å². The fourth-order valence-electron chi connectivity index (χ4n) is 4.38. The van der Waals surface area contributed by atoms with Crippen molar-refractivity contribution in [3.8, 4) is 11.5 Å². The molecule has 0 unspecified atom stereocenters. The Kier molecular flexibility index (Phi) is 7.65. The fraction of sp³-hybridized carbons (Fsp3) is 0.360. The van der Waals surface area contributed by atoms with E-state index >= 15 is 0 Å². The molecule has 1 aromatic carbocycles. The van der Waals surface area contributed by atoms with Gasteiger partial charge in [0, 0.05) is 64.0 Å². The predicted molar refractivity (Wildman–Crippen MR) is 143 cm³/mol. The molecule has 0 aliphatic carbocycles. The lowest BCUT2D eigenvalue weighted by atomic mass is 10.1. The lowest BCUT2D eigenvalue weighted by molar-refractivity contribution is 0.0953. The van der Waals surface area contributed by atoms with Crippen LogP contribution in [0.4, 0.5) is 22.0 Å². The standard InChI is InChI=1S/C25H31FN10O2/c1-28-6-7-29-23(37)17-4-5-20(18(26)15-17)35-12-10-34(11-13-35)9-8-30-25-31-22-16-19(21-3-2-14-38-21)33-36(22)24(27)32-25/h2-5,14-16,28H,6-13H2,1H3,(H,29,37)(H3,27,30,31,32). The number of rotatable bonds is 10. The summed E-state index contributed by atoms with van der Waals surface area (Å²) in [5, 5.41) is 13.4.